The number of aliphatic hydroxyl groups is 1. The van der Waals surface area contributed by atoms with E-state index in [4.69, 9.17) is 0 Å². The van der Waals surface area contributed by atoms with Gasteiger partial charge in [-0.15, -0.1) is 0 Å². The zero-order chi connectivity index (χ0) is 14.0. The van der Waals surface area contributed by atoms with Crippen LogP contribution in [-0.2, 0) is 10.0 Å². The number of benzene rings is 1. The van der Waals surface area contributed by atoms with E-state index >= 15 is 0 Å². The van der Waals surface area contributed by atoms with Gasteiger partial charge in [0.15, 0.2) is 4.90 Å². The lowest BCUT2D eigenvalue weighted by atomic mass is 10.1. The highest BCUT2D eigenvalue weighted by atomic mass is 32.2. The van der Waals surface area contributed by atoms with Crippen molar-refractivity contribution in [2.75, 3.05) is 13.1 Å². The number of para-hydroxylation sites is 1. The Morgan fingerprint density at radius 1 is 1.37 bits per heavy atom. The maximum atomic E-state index is 12.4. The summed E-state index contributed by atoms with van der Waals surface area (Å²) in [4.78, 5) is 9.85. The molecular formula is C11H14N2O5S. The number of nitro groups is 1. The average Bonchev–Trinajstić information content (AvgIpc) is 2.38. The SMILES string of the molecule is O=[N+]([O-])c1ccccc1S(=O)(=O)N1CCC[C@@H](O)C1. The largest absolute Gasteiger partial charge is 0.392 e. The summed E-state index contributed by atoms with van der Waals surface area (Å²) in [7, 11) is -3.94. The van der Waals surface area contributed by atoms with Gasteiger partial charge in [-0.2, -0.15) is 4.31 Å². The minimum absolute atomic E-state index is 0.0195. The molecule has 1 aromatic rings. The Morgan fingerprint density at radius 3 is 2.68 bits per heavy atom. The van der Waals surface area contributed by atoms with Crippen LogP contribution in [0, 0.1) is 10.1 Å². The molecule has 0 radical (unpaired) electrons. The minimum atomic E-state index is -3.94. The van der Waals surface area contributed by atoms with Crippen LogP contribution in [0.25, 0.3) is 0 Å². The molecule has 0 spiro atoms. The van der Waals surface area contributed by atoms with Gasteiger partial charge in [-0.3, -0.25) is 10.1 Å². The van der Waals surface area contributed by atoms with E-state index in [9.17, 15) is 23.6 Å². The molecule has 1 heterocycles. The molecule has 19 heavy (non-hydrogen) atoms. The molecule has 0 saturated carbocycles. The monoisotopic (exact) mass is 286 g/mol. The zero-order valence-electron chi connectivity index (χ0n) is 10.1. The summed E-state index contributed by atoms with van der Waals surface area (Å²) >= 11 is 0. The molecule has 0 aliphatic carbocycles. The molecule has 1 fully saturated rings. The van der Waals surface area contributed by atoms with Gasteiger partial charge in [0.1, 0.15) is 0 Å². The topological polar surface area (TPSA) is 101 Å². The number of rotatable bonds is 3. The summed E-state index contributed by atoms with van der Waals surface area (Å²) < 4.78 is 25.8. The van der Waals surface area contributed by atoms with Gasteiger partial charge in [0.25, 0.3) is 5.69 Å². The second-order valence-electron chi connectivity index (χ2n) is 4.38. The third-order valence-corrected chi connectivity index (χ3v) is 4.95. The van der Waals surface area contributed by atoms with Gasteiger partial charge in [0.05, 0.1) is 11.0 Å². The molecule has 0 aromatic heterocycles. The third-order valence-electron chi connectivity index (χ3n) is 3.04. The third kappa shape index (κ3) is 2.75. The van der Waals surface area contributed by atoms with Gasteiger partial charge < -0.3 is 5.11 Å². The predicted octanol–water partition coefficient (Wildman–Crippen LogP) is 0.740. The molecule has 0 amide bonds. The highest BCUT2D eigenvalue weighted by Gasteiger charge is 2.33. The molecule has 1 N–H and O–H groups in total. The second kappa shape index (κ2) is 5.24. The lowest BCUT2D eigenvalue weighted by molar-refractivity contribution is -0.387. The van der Waals surface area contributed by atoms with Crippen LogP contribution in [0.15, 0.2) is 29.2 Å². The van der Waals surface area contributed by atoms with Crippen LogP contribution in [-0.4, -0.2) is 41.9 Å². The van der Waals surface area contributed by atoms with Crippen LogP contribution in [0.2, 0.25) is 0 Å². The molecule has 1 aliphatic heterocycles. The van der Waals surface area contributed by atoms with Crippen molar-refractivity contribution >= 4 is 15.7 Å². The molecule has 2 rings (SSSR count). The van der Waals surface area contributed by atoms with Gasteiger partial charge in [0.2, 0.25) is 10.0 Å². The number of nitro benzene ring substituents is 1. The van der Waals surface area contributed by atoms with Gasteiger partial charge in [-0.05, 0) is 18.9 Å². The second-order valence-corrected chi connectivity index (χ2v) is 6.29. The Hall–Kier alpha value is -1.51. The first-order valence-corrected chi connectivity index (χ1v) is 7.28. The fourth-order valence-electron chi connectivity index (χ4n) is 2.10. The Balaban J connectivity index is 2.42. The molecule has 1 saturated heterocycles. The Kier molecular flexibility index (Phi) is 3.83. The number of aliphatic hydroxyl groups excluding tert-OH is 1. The summed E-state index contributed by atoms with van der Waals surface area (Å²) in [6.07, 6.45) is 0.371. The molecular weight excluding hydrogens is 272 g/mol. The van der Waals surface area contributed by atoms with Gasteiger partial charge in [0, 0.05) is 19.2 Å². The lowest BCUT2D eigenvalue weighted by Crippen LogP contribution is -2.42. The van der Waals surface area contributed by atoms with Crippen molar-refractivity contribution in [2.24, 2.45) is 0 Å². The fraction of sp³-hybridized carbons (Fsp3) is 0.455. The summed E-state index contributed by atoms with van der Waals surface area (Å²) in [6, 6.07) is 5.24. The number of hydrogen-bond donors (Lipinski definition) is 1. The molecule has 1 atom stereocenters. The van der Waals surface area contributed by atoms with E-state index < -0.39 is 26.7 Å². The molecule has 0 bridgehead atoms. The predicted molar refractivity (Wildman–Crippen MR) is 67.1 cm³/mol. The minimum Gasteiger partial charge on any atom is -0.392 e. The van der Waals surface area contributed by atoms with Crippen LogP contribution in [0.3, 0.4) is 0 Å². The van der Waals surface area contributed by atoms with Crippen molar-refractivity contribution in [1.82, 2.24) is 4.31 Å². The maximum absolute atomic E-state index is 12.4. The normalized spacial score (nSPS) is 21.2. The Labute approximate surface area is 110 Å². The number of hydrogen-bond acceptors (Lipinski definition) is 5. The van der Waals surface area contributed by atoms with Crippen LogP contribution < -0.4 is 0 Å². The van der Waals surface area contributed by atoms with Crippen molar-refractivity contribution in [1.29, 1.82) is 0 Å². The molecule has 7 nitrogen and oxygen atoms in total. The average molecular weight is 286 g/mol. The number of β-amino-alcohol motifs (C(OH)–C–C–N with tert-alkyl or cyclic N) is 1. The lowest BCUT2D eigenvalue weighted by Gasteiger charge is -2.28. The Morgan fingerprint density at radius 2 is 2.05 bits per heavy atom. The number of sulfonamides is 1. The van der Waals surface area contributed by atoms with Crippen molar-refractivity contribution in [3.63, 3.8) is 0 Å². The first-order valence-electron chi connectivity index (χ1n) is 5.84. The summed E-state index contributed by atoms with van der Waals surface area (Å²) in [5.41, 5.74) is -0.442. The highest BCUT2D eigenvalue weighted by molar-refractivity contribution is 7.89. The fourth-order valence-corrected chi connectivity index (χ4v) is 3.78. The van der Waals surface area contributed by atoms with E-state index in [0.29, 0.717) is 12.8 Å². The van der Waals surface area contributed by atoms with E-state index in [-0.39, 0.29) is 18.0 Å². The van der Waals surface area contributed by atoms with Gasteiger partial charge in [-0.25, -0.2) is 8.42 Å². The molecule has 1 aromatic carbocycles. The van der Waals surface area contributed by atoms with E-state index in [1.807, 2.05) is 0 Å². The molecule has 8 heteroatoms. The van der Waals surface area contributed by atoms with E-state index in [0.717, 1.165) is 10.4 Å². The van der Waals surface area contributed by atoms with Crippen LogP contribution in [0.4, 0.5) is 5.69 Å². The Bertz CT molecular complexity index is 587. The molecule has 0 unspecified atom stereocenters. The summed E-state index contributed by atoms with van der Waals surface area (Å²) in [5.74, 6) is 0. The molecule has 104 valence electrons. The van der Waals surface area contributed by atoms with Crippen LogP contribution in [0.5, 0.6) is 0 Å². The van der Waals surface area contributed by atoms with Crippen molar-refractivity contribution < 1.29 is 18.4 Å². The first-order chi connectivity index (χ1) is 8.93. The van der Waals surface area contributed by atoms with E-state index in [1.54, 1.807) is 0 Å². The van der Waals surface area contributed by atoms with E-state index in [1.165, 1.54) is 18.2 Å². The number of piperidine rings is 1. The van der Waals surface area contributed by atoms with Gasteiger partial charge in [-0.1, -0.05) is 12.1 Å². The van der Waals surface area contributed by atoms with Crippen molar-refractivity contribution in [3.05, 3.63) is 34.4 Å². The summed E-state index contributed by atoms with van der Waals surface area (Å²) in [5, 5.41) is 20.4. The summed E-state index contributed by atoms with van der Waals surface area (Å²) in [6.45, 7) is 0.250. The van der Waals surface area contributed by atoms with Crippen LogP contribution >= 0.6 is 0 Å². The van der Waals surface area contributed by atoms with Crippen molar-refractivity contribution in [2.45, 2.75) is 23.8 Å². The number of nitrogens with zero attached hydrogens (tertiary/aromatic N) is 2. The maximum Gasteiger partial charge on any atom is 0.289 e. The highest BCUT2D eigenvalue weighted by Crippen LogP contribution is 2.28. The standard InChI is InChI=1S/C11H14N2O5S/c14-9-4-3-7-12(8-9)19(17,18)11-6-2-1-5-10(11)13(15)16/h1-2,5-6,9,14H,3-4,7-8H2/t9-/m1/s1. The first kappa shape index (κ1) is 13.9. The van der Waals surface area contributed by atoms with Gasteiger partial charge >= 0.3 is 0 Å². The molecule has 1 aliphatic rings. The van der Waals surface area contributed by atoms with Crippen LogP contribution in [0.1, 0.15) is 12.8 Å². The van der Waals surface area contributed by atoms with Crippen molar-refractivity contribution in [3.8, 4) is 0 Å². The quantitative estimate of drug-likeness (QED) is 0.652. The zero-order valence-corrected chi connectivity index (χ0v) is 10.9. The van der Waals surface area contributed by atoms with E-state index in [2.05, 4.69) is 0 Å². The smallest absolute Gasteiger partial charge is 0.289 e.